The van der Waals surface area contributed by atoms with Crippen molar-refractivity contribution >= 4 is 23.5 Å². The third-order valence-corrected chi connectivity index (χ3v) is 4.98. The van der Waals surface area contributed by atoms with E-state index in [1.807, 2.05) is 44.2 Å². The molecule has 5 nitrogen and oxygen atoms in total. The van der Waals surface area contributed by atoms with Gasteiger partial charge in [0.15, 0.2) is 0 Å². The molecule has 0 aliphatic rings. The van der Waals surface area contributed by atoms with Crippen LogP contribution in [0, 0.1) is 5.92 Å². The van der Waals surface area contributed by atoms with Crippen LogP contribution >= 0.6 is 11.8 Å². The van der Waals surface area contributed by atoms with Gasteiger partial charge in [0, 0.05) is 19.0 Å². The highest BCUT2D eigenvalue weighted by Crippen LogP contribution is 2.24. The predicted molar refractivity (Wildman–Crippen MR) is 94.5 cm³/mol. The summed E-state index contributed by atoms with van der Waals surface area (Å²) in [5, 5.41) is 2.54. The Morgan fingerprint density at radius 2 is 1.96 bits per heavy atom. The van der Waals surface area contributed by atoms with Gasteiger partial charge in [0.1, 0.15) is 5.82 Å². The summed E-state index contributed by atoms with van der Waals surface area (Å²) in [6.07, 6.45) is 1.59. The average molecular weight is 331 g/mol. The third-order valence-electron chi connectivity index (χ3n) is 3.36. The van der Waals surface area contributed by atoms with Crippen LogP contribution in [-0.2, 0) is 17.6 Å². The van der Waals surface area contributed by atoms with Crippen LogP contribution in [0.15, 0.2) is 47.4 Å². The van der Waals surface area contributed by atoms with Crippen molar-refractivity contribution in [2.75, 3.05) is 5.32 Å². The first-order valence-corrected chi connectivity index (χ1v) is 8.52. The maximum Gasteiger partial charge on any atom is 0.349 e. The largest absolute Gasteiger partial charge is 0.349 e. The van der Waals surface area contributed by atoms with Crippen molar-refractivity contribution in [1.29, 1.82) is 0 Å². The van der Waals surface area contributed by atoms with Crippen molar-refractivity contribution in [3.63, 3.8) is 0 Å². The summed E-state index contributed by atoms with van der Waals surface area (Å²) >= 11 is 1.59. The Labute approximate surface area is 140 Å². The molecule has 2 rings (SSSR count). The van der Waals surface area contributed by atoms with Gasteiger partial charge in [-0.1, -0.05) is 44.2 Å². The highest BCUT2D eigenvalue weighted by atomic mass is 32.2. The molecule has 1 N–H and O–H groups in total. The monoisotopic (exact) mass is 331 g/mol. The van der Waals surface area contributed by atoms with Crippen LogP contribution in [0.3, 0.4) is 0 Å². The smallest absolute Gasteiger partial charge is 0.310 e. The van der Waals surface area contributed by atoms with Crippen molar-refractivity contribution in [2.45, 2.75) is 24.9 Å². The van der Waals surface area contributed by atoms with Gasteiger partial charge in [-0.3, -0.25) is 4.79 Å². The molecular formula is C17H21N3O2S. The Morgan fingerprint density at radius 3 is 2.57 bits per heavy atom. The number of amides is 1. The predicted octanol–water partition coefficient (Wildman–Crippen LogP) is 2.68. The van der Waals surface area contributed by atoms with E-state index in [0.29, 0.717) is 5.82 Å². The van der Waals surface area contributed by atoms with E-state index >= 15 is 0 Å². The van der Waals surface area contributed by atoms with Gasteiger partial charge < -0.3 is 9.88 Å². The number of rotatable bonds is 6. The van der Waals surface area contributed by atoms with Gasteiger partial charge in [-0.05, 0) is 17.5 Å². The summed E-state index contributed by atoms with van der Waals surface area (Å²) in [6, 6.07) is 11.7. The molecule has 1 unspecified atom stereocenters. The first-order chi connectivity index (χ1) is 11.0. The number of carbonyl (C=O) groups excluding carboxylic acids is 1. The molecule has 0 aliphatic heterocycles. The molecule has 0 saturated carbocycles. The standard InChI is InChI=1S/C17H21N3O2S/c1-12(2)15(23-11-13-7-5-4-6-8-13)16(21)18-14-9-10-20(3)17(22)19-14/h4-10,12,15H,11H2,1-3H3,(H,18,19,21,22). The lowest BCUT2D eigenvalue weighted by Crippen LogP contribution is -2.31. The second-order valence-corrected chi connectivity index (χ2v) is 6.79. The van der Waals surface area contributed by atoms with Gasteiger partial charge in [-0.15, -0.1) is 11.8 Å². The molecule has 0 spiro atoms. The number of aromatic nitrogens is 2. The zero-order chi connectivity index (χ0) is 16.8. The van der Waals surface area contributed by atoms with E-state index in [1.165, 1.54) is 10.1 Å². The van der Waals surface area contributed by atoms with Crippen LogP contribution in [0.1, 0.15) is 19.4 Å². The fourth-order valence-electron chi connectivity index (χ4n) is 2.06. The van der Waals surface area contributed by atoms with Gasteiger partial charge >= 0.3 is 5.69 Å². The number of hydrogen-bond donors (Lipinski definition) is 1. The van der Waals surface area contributed by atoms with Crippen LogP contribution in [0.25, 0.3) is 0 Å². The van der Waals surface area contributed by atoms with E-state index < -0.39 is 0 Å². The van der Waals surface area contributed by atoms with E-state index in [9.17, 15) is 9.59 Å². The van der Waals surface area contributed by atoms with Gasteiger partial charge in [-0.2, -0.15) is 4.98 Å². The molecule has 1 aromatic heterocycles. The van der Waals surface area contributed by atoms with Gasteiger partial charge in [0.2, 0.25) is 5.91 Å². The maximum atomic E-state index is 12.5. The molecule has 0 bridgehead atoms. The first kappa shape index (κ1) is 17.3. The summed E-state index contributed by atoms with van der Waals surface area (Å²) < 4.78 is 1.36. The minimum absolute atomic E-state index is 0.123. The lowest BCUT2D eigenvalue weighted by Gasteiger charge is -2.19. The SMILES string of the molecule is CC(C)C(SCc1ccccc1)C(=O)Nc1ccn(C)c(=O)n1. The minimum Gasteiger partial charge on any atom is -0.310 e. The highest BCUT2D eigenvalue weighted by Gasteiger charge is 2.23. The summed E-state index contributed by atoms with van der Waals surface area (Å²) in [7, 11) is 1.62. The molecule has 0 radical (unpaired) electrons. The summed E-state index contributed by atoms with van der Waals surface area (Å²) in [5.41, 5.74) is 0.795. The highest BCUT2D eigenvalue weighted by molar-refractivity contribution is 7.99. The van der Waals surface area contributed by atoms with Crippen LogP contribution in [0.4, 0.5) is 5.82 Å². The maximum absolute atomic E-state index is 12.5. The molecule has 6 heteroatoms. The third kappa shape index (κ3) is 4.96. The summed E-state index contributed by atoms with van der Waals surface area (Å²) in [6.45, 7) is 4.03. The minimum atomic E-state index is -0.388. The summed E-state index contributed by atoms with van der Waals surface area (Å²) in [5.74, 6) is 1.11. The molecular weight excluding hydrogens is 310 g/mol. The molecule has 0 fully saturated rings. The van der Waals surface area contributed by atoms with Crippen molar-refractivity contribution < 1.29 is 4.79 Å². The second-order valence-electron chi connectivity index (χ2n) is 5.66. The lowest BCUT2D eigenvalue weighted by atomic mass is 10.1. The van der Waals surface area contributed by atoms with Crippen LogP contribution in [0.5, 0.6) is 0 Å². The molecule has 0 aliphatic carbocycles. The fraction of sp³-hybridized carbons (Fsp3) is 0.353. The van der Waals surface area contributed by atoms with Crippen molar-refractivity contribution in [3.8, 4) is 0 Å². The lowest BCUT2D eigenvalue weighted by molar-refractivity contribution is -0.116. The zero-order valence-corrected chi connectivity index (χ0v) is 14.3. The number of benzene rings is 1. The van der Waals surface area contributed by atoms with Gasteiger partial charge in [0.25, 0.3) is 0 Å². The topological polar surface area (TPSA) is 64.0 Å². The van der Waals surface area contributed by atoms with Crippen LogP contribution in [-0.4, -0.2) is 20.7 Å². The Hall–Kier alpha value is -2.08. The van der Waals surface area contributed by atoms with E-state index in [2.05, 4.69) is 10.3 Å². The Balaban J connectivity index is 2.03. The van der Waals surface area contributed by atoms with Crippen molar-refractivity contribution in [1.82, 2.24) is 9.55 Å². The number of aryl methyl sites for hydroxylation is 1. The normalized spacial score (nSPS) is 12.2. The van der Waals surface area contributed by atoms with Gasteiger partial charge in [0.05, 0.1) is 5.25 Å². The molecule has 0 saturated heterocycles. The average Bonchev–Trinajstić information content (AvgIpc) is 2.52. The number of thioether (sulfide) groups is 1. The Kier molecular flexibility index (Phi) is 5.98. The van der Waals surface area contributed by atoms with Crippen LogP contribution < -0.4 is 11.0 Å². The number of nitrogens with one attached hydrogen (secondary N) is 1. The fourth-order valence-corrected chi connectivity index (χ4v) is 3.22. The number of anilines is 1. The van der Waals surface area contributed by atoms with E-state index in [0.717, 1.165) is 5.75 Å². The number of nitrogens with zero attached hydrogens (tertiary/aromatic N) is 2. The van der Waals surface area contributed by atoms with E-state index in [4.69, 9.17) is 0 Å². The molecule has 1 amide bonds. The number of carbonyl (C=O) groups is 1. The van der Waals surface area contributed by atoms with E-state index in [-0.39, 0.29) is 22.8 Å². The van der Waals surface area contributed by atoms with Crippen LogP contribution in [0.2, 0.25) is 0 Å². The van der Waals surface area contributed by atoms with Crippen molar-refractivity contribution in [2.24, 2.45) is 13.0 Å². The molecule has 1 atom stereocenters. The number of hydrogen-bond acceptors (Lipinski definition) is 4. The van der Waals surface area contributed by atoms with Crippen molar-refractivity contribution in [3.05, 3.63) is 58.6 Å². The second kappa shape index (κ2) is 7.97. The quantitative estimate of drug-likeness (QED) is 0.884. The zero-order valence-electron chi connectivity index (χ0n) is 13.5. The molecule has 1 aromatic carbocycles. The Morgan fingerprint density at radius 1 is 1.26 bits per heavy atom. The van der Waals surface area contributed by atoms with E-state index in [1.54, 1.807) is 31.1 Å². The molecule has 23 heavy (non-hydrogen) atoms. The first-order valence-electron chi connectivity index (χ1n) is 7.47. The summed E-state index contributed by atoms with van der Waals surface area (Å²) in [4.78, 5) is 27.9. The van der Waals surface area contributed by atoms with Gasteiger partial charge in [-0.25, -0.2) is 4.79 Å². The molecule has 122 valence electrons. The molecule has 1 heterocycles. The Bertz CT molecular complexity index is 713. The molecule has 2 aromatic rings.